The predicted molar refractivity (Wildman–Crippen MR) is 84.4 cm³/mol. The normalized spacial score (nSPS) is 24.9. The Balaban J connectivity index is 2.62. The lowest BCUT2D eigenvalue weighted by Gasteiger charge is -2.27. The molecule has 1 saturated heterocycles. The number of rotatable bonds is 6. The maximum absolute atomic E-state index is 9.61. The van der Waals surface area contributed by atoms with Crippen molar-refractivity contribution in [3.63, 3.8) is 0 Å². The monoisotopic (exact) mass is 303 g/mol. The van der Waals surface area contributed by atoms with Gasteiger partial charge >= 0.3 is 0 Å². The Bertz CT molecular complexity index is 220. The summed E-state index contributed by atoms with van der Waals surface area (Å²) < 4.78 is 0. The minimum Gasteiger partial charge on any atom is -0.392 e. The second-order valence-corrected chi connectivity index (χ2v) is 6.45. The Morgan fingerprint density at radius 2 is 0.762 bits per heavy atom. The highest BCUT2D eigenvalue weighted by atomic mass is 16.3. The molecule has 1 heterocycles. The first-order valence-corrected chi connectivity index (χ1v) is 8.08. The Kier molecular flexibility index (Phi) is 8.70. The molecule has 3 N–H and O–H groups in total. The molecule has 1 aliphatic heterocycles. The molecule has 0 unspecified atom stereocenters. The molecule has 21 heavy (non-hydrogen) atoms. The molecule has 126 valence electrons. The van der Waals surface area contributed by atoms with Crippen LogP contribution in [0, 0.1) is 0 Å². The van der Waals surface area contributed by atoms with Gasteiger partial charge in [0.1, 0.15) is 0 Å². The Morgan fingerprint density at radius 3 is 0.905 bits per heavy atom. The highest BCUT2D eigenvalue weighted by Crippen LogP contribution is 2.03. The number of hydrogen-bond acceptors (Lipinski definition) is 6. The SMILES string of the molecule is C[C@@H](O)CN1CCN(C[C@@H](C)O)CCN(C[C@@H](C)O)CC1. The molecular weight excluding hydrogens is 270 g/mol. The molecule has 0 spiro atoms. The van der Waals surface area contributed by atoms with Gasteiger partial charge in [-0.1, -0.05) is 0 Å². The summed E-state index contributed by atoms with van der Waals surface area (Å²) in [4.78, 5) is 6.79. The summed E-state index contributed by atoms with van der Waals surface area (Å²) in [6, 6.07) is 0. The first-order chi connectivity index (χ1) is 9.86. The van der Waals surface area contributed by atoms with Crippen molar-refractivity contribution in [2.24, 2.45) is 0 Å². The van der Waals surface area contributed by atoms with Gasteiger partial charge in [0, 0.05) is 58.9 Å². The molecule has 0 radical (unpaired) electrons. The third-order valence-electron chi connectivity index (χ3n) is 3.76. The van der Waals surface area contributed by atoms with Gasteiger partial charge < -0.3 is 15.3 Å². The molecule has 0 aromatic carbocycles. The van der Waals surface area contributed by atoms with E-state index in [1.54, 1.807) is 0 Å². The highest BCUT2D eigenvalue weighted by Gasteiger charge is 2.18. The standard InChI is InChI=1S/C15H33N3O3/c1-13(19)10-16-4-6-17(11-14(2)20)8-9-18(7-5-16)12-15(3)21/h13-15,19-21H,4-12H2,1-3H3/t13-,14-,15-/m1/s1. The van der Waals surface area contributed by atoms with Gasteiger partial charge in [0.15, 0.2) is 0 Å². The molecule has 3 atom stereocenters. The predicted octanol–water partition coefficient (Wildman–Crippen LogP) is -0.952. The average Bonchev–Trinajstić information content (AvgIpc) is 2.42. The van der Waals surface area contributed by atoms with Gasteiger partial charge in [0.25, 0.3) is 0 Å². The van der Waals surface area contributed by atoms with Crippen LogP contribution in [0.5, 0.6) is 0 Å². The molecule has 1 rings (SSSR count). The maximum Gasteiger partial charge on any atom is 0.0639 e. The summed E-state index contributed by atoms with van der Waals surface area (Å²) in [5, 5.41) is 28.8. The molecule has 6 heteroatoms. The third kappa shape index (κ3) is 8.70. The molecule has 1 fully saturated rings. The minimum atomic E-state index is -0.332. The molecular formula is C15H33N3O3. The van der Waals surface area contributed by atoms with Crippen LogP contribution in [-0.2, 0) is 0 Å². The van der Waals surface area contributed by atoms with Gasteiger partial charge in [0.05, 0.1) is 18.3 Å². The Hall–Kier alpha value is -0.240. The second kappa shape index (κ2) is 9.71. The molecule has 0 aromatic heterocycles. The minimum absolute atomic E-state index is 0.332. The summed E-state index contributed by atoms with van der Waals surface area (Å²) in [7, 11) is 0. The fourth-order valence-corrected chi connectivity index (χ4v) is 2.85. The van der Waals surface area contributed by atoms with Crippen molar-refractivity contribution >= 4 is 0 Å². The molecule has 0 aliphatic carbocycles. The van der Waals surface area contributed by atoms with Gasteiger partial charge in [-0.05, 0) is 20.8 Å². The molecule has 0 bridgehead atoms. The number of nitrogens with zero attached hydrogens (tertiary/aromatic N) is 3. The van der Waals surface area contributed by atoms with Crippen LogP contribution in [-0.4, -0.2) is 107 Å². The maximum atomic E-state index is 9.61. The number of aliphatic hydroxyl groups excluding tert-OH is 3. The van der Waals surface area contributed by atoms with Gasteiger partial charge in [-0.25, -0.2) is 0 Å². The molecule has 0 aromatic rings. The van der Waals surface area contributed by atoms with Crippen molar-refractivity contribution in [3.05, 3.63) is 0 Å². The van der Waals surface area contributed by atoms with Crippen molar-refractivity contribution in [3.8, 4) is 0 Å². The van der Waals surface area contributed by atoms with E-state index in [0.29, 0.717) is 19.6 Å². The smallest absolute Gasteiger partial charge is 0.0639 e. The number of β-amino-alcohol motifs (C(OH)–C–C–N with tert-alkyl or cyclic N) is 3. The quantitative estimate of drug-likeness (QED) is 0.588. The lowest BCUT2D eigenvalue weighted by atomic mass is 10.3. The number of aliphatic hydroxyl groups is 3. The van der Waals surface area contributed by atoms with Crippen molar-refractivity contribution in [1.29, 1.82) is 0 Å². The van der Waals surface area contributed by atoms with Crippen molar-refractivity contribution in [1.82, 2.24) is 14.7 Å². The first-order valence-electron chi connectivity index (χ1n) is 8.08. The average molecular weight is 303 g/mol. The van der Waals surface area contributed by atoms with Gasteiger partial charge in [-0.2, -0.15) is 0 Å². The molecule has 1 aliphatic rings. The van der Waals surface area contributed by atoms with Crippen molar-refractivity contribution in [2.75, 3.05) is 58.9 Å². The second-order valence-electron chi connectivity index (χ2n) is 6.45. The summed E-state index contributed by atoms with van der Waals surface area (Å²) >= 11 is 0. The van der Waals surface area contributed by atoms with Crippen molar-refractivity contribution in [2.45, 2.75) is 39.1 Å². The summed E-state index contributed by atoms with van der Waals surface area (Å²) in [5.74, 6) is 0. The van der Waals surface area contributed by atoms with E-state index in [1.807, 2.05) is 20.8 Å². The van der Waals surface area contributed by atoms with E-state index in [-0.39, 0.29) is 18.3 Å². The lowest BCUT2D eigenvalue weighted by Crippen LogP contribution is -2.41. The van der Waals surface area contributed by atoms with E-state index < -0.39 is 0 Å². The van der Waals surface area contributed by atoms with Gasteiger partial charge in [-0.15, -0.1) is 0 Å². The van der Waals surface area contributed by atoms with Crippen LogP contribution in [0.25, 0.3) is 0 Å². The van der Waals surface area contributed by atoms with Gasteiger partial charge in [-0.3, -0.25) is 14.7 Å². The topological polar surface area (TPSA) is 70.4 Å². The first kappa shape index (κ1) is 18.8. The fraction of sp³-hybridized carbons (Fsp3) is 1.00. The largest absolute Gasteiger partial charge is 0.392 e. The van der Waals surface area contributed by atoms with E-state index in [1.165, 1.54) is 0 Å². The van der Waals surface area contributed by atoms with E-state index in [2.05, 4.69) is 14.7 Å². The summed E-state index contributed by atoms with van der Waals surface area (Å²) in [5.41, 5.74) is 0. The highest BCUT2D eigenvalue weighted by molar-refractivity contribution is 4.74. The molecule has 0 saturated carbocycles. The van der Waals surface area contributed by atoms with Crippen LogP contribution in [0.15, 0.2) is 0 Å². The van der Waals surface area contributed by atoms with E-state index in [9.17, 15) is 15.3 Å². The Labute approximate surface area is 129 Å². The van der Waals surface area contributed by atoms with Crippen LogP contribution in [0.1, 0.15) is 20.8 Å². The molecule has 0 amide bonds. The van der Waals surface area contributed by atoms with E-state index >= 15 is 0 Å². The van der Waals surface area contributed by atoms with Crippen LogP contribution < -0.4 is 0 Å². The fourth-order valence-electron chi connectivity index (χ4n) is 2.85. The zero-order valence-electron chi connectivity index (χ0n) is 13.8. The van der Waals surface area contributed by atoms with Crippen LogP contribution in [0.4, 0.5) is 0 Å². The van der Waals surface area contributed by atoms with Crippen molar-refractivity contribution < 1.29 is 15.3 Å². The summed E-state index contributed by atoms with van der Waals surface area (Å²) in [6.45, 7) is 12.9. The number of hydrogen-bond donors (Lipinski definition) is 3. The summed E-state index contributed by atoms with van der Waals surface area (Å²) in [6.07, 6.45) is -0.997. The van der Waals surface area contributed by atoms with Crippen LogP contribution in [0.2, 0.25) is 0 Å². The zero-order valence-corrected chi connectivity index (χ0v) is 13.8. The lowest BCUT2D eigenvalue weighted by molar-refractivity contribution is 0.102. The van der Waals surface area contributed by atoms with E-state index in [4.69, 9.17) is 0 Å². The van der Waals surface area contributed by atoms with Crippen LogP contribution in [0.3, 0.4) is 0 Å². The van der Waals surface area contributed by atoms with Gasteiger partial charge in [0.2, 0.25) is 0 Å². The van der Waals surface area contributed by atoms with E-state index in [0.717, 1.165) is 39.3 Å². The third-order valence-corrected chi connectivity index (χ3v) is 3.76. The Morgan fingerprint density at radius 1 is 0.571 bits per heavy atom. The molecule has 6 nitrogen and oxygen atoms in total. The zero-order chi connectivity index (χ0) is 15.8. The van der Waals surface area contributed by atoms with Crippen LogP contribution >= 0.6 is 0 Å².